The van der Waals surface area contributed by atoms with Gasteiger partial charge in [0.1, 0.15) is 0 Å². The van der Waals surface area contributed by atoms with Gasteiger partial charge in [0.15, 0.2) is 0 Å². The molecule has 0 amide bonds. The number of halogens is 2. The predicted molar refractivity (Wildman–Crippen MR) is 58.9 cm³/mol. The monoisotopic (exact) mass is 236 g/mol. The third-order valence-electron chi connectivity index (χ3n) is 1.33. The van der Waals surface area contributed by atoms with E-state index in [9.17, 15) is 0 Å². The molecule has 13 heavy (non-hydrogen) atoms. The van der Waals surface area contributed by atoms with Crippen molar-refractivity contribution in [1.29, 1.82) is 0 Å². The Morgan fingerprint density at radius 2 is 1.85 bits per heavy atom. The summed E-state index contributed by atoms with van der Waals surface area (Å²) in [5.74, 6) is 0.649. The molecular weight excluding hydrogens is 227 g/mol. The normalized spacial score (nSPS) is 12.9. The van der Waals surface area contributed by atoms with Gasteiger partial charge in [0.2, 0.25) is 0 Å². The van der Waals surface area contributed by atoms with E-state index in [1.807, 2.05) is 12.1 Å². The number of hydrogen-bond acceptors (Lipinski definition) is 2. The minimum atomic E-state index is -0.317. The van der Waals surface area contributed by atoms with Crippen LogP contribution in [0.1, 0.15) is 6.92 Å². The Hall–Kier alpha value is 0.110. The number of hydrogen-bond donors (Lipinski definition) is 1. The topological polar surface area (TPSA) is 20.2 Å². The lowest BCUT2D eigenvalue weighted by molar-refractivity contribution is 0.220. The first-order chi connectivity index (χ1) is 6.08. The van der Waals surface area contributed by atoms with E-state index in [1.165, 1.54) is 11.8 Å². The summed E-state index contributed by atoms with van der Waals surface area (Å²) in [6, 6.07) is 5.36. The van der Waals surface area contributed by atoms with Gasteiger partial charge in [-0.05, 0) is 25.1 Å². The van der Waals surface area contributed by atoms with Gasteiger partial charge in [-0.25, -0.2) is 0 Å². The van der Waals surface area contributed by atoms with Crippen molar-refractivity contribution in [3.05, 3.63) is 28.2 Å². The highest BCUT2D eigenvalue weighted by Crippen LogP contribution is 2.26. The summed E-state index contributed by atoms with van der Waals surface area (Å²) in [4.78, 5) is 0.985. The van der Waals surface area contributed by atoms with Gasteiger partial charge in [-0.3, -0.25) is 0 Å². The zero-order chi connectivity index (χ0) is 9.84. The number of thioether (sulfide) groups is 1. The van der Waals surface area contributed by atoms with Gasteiger partial charge in [-0.1, -0.05) is 23.2 Å². The van der Waals surface area contributed by atoms with Crippen molar-refractivity contribution < 1.29 is 5.11 Å². The predicted octanol–water partition coefficient (Wildman–Crippen LogP) is 3.47. The average molecular weight is 237 g/mol. The lowest BCUT2D eigenvalue weighted by Gasteiger charge is -2.04. The van der Waals surface area contributed by atoms with Crippen molar-refractivity contribution in [2.75, 3.05) is 5.75 Å². The first kappa shape index (κ1) is 11.2. The van der Waals surface area contributed by atoms with Crippen LogP contribution in [0.4, 0.5) is 0 Å². The molecule has 0 aliphatic rings. The Bertz CT molecular complexity index is 269. The molecule has 1 unspecified atom stereocenters. The minimum absolute atomic E-state index is 0.317. The van der Waals surface area contributed by atoms with E-state index in [1.54, 1.807) is 13.0 Å². The van der Waals surface area contributed by atoms with Gasteiger partial charge in [0.25, 0.3) is 0 Å². The molecule has 1 nitrogen and oxygen atoms in total. The Morgan fingerprint density at radius 3 is 2.31 bits per heavy atom. The third kappa shape index (κ3) is 4.23. The maximum atomic E-state index is 9.07. The lowest BCUT2D eigenvalue weighted by atomic mass is 10.4. The Balaban J connectivity index is 2.66. The van der Waals surface area contributed by atoms with E-state index >= 15 is 0 Å². The van der Waals surface area contributed by atoms with Crippen molar-refractivity contribution in [3.8, 4) is 0 Å². The van der Waals surface area contributed by atoms with E-state index < -0.39 is 0 Å². The van der Waals surface area contributed by atoms with Crippen molar-refractivity contribution in [2.24, 2.45) is 0 Å². The van der Waals surface area contributed by atoms with E-state index in [4.69, 9.17) is 28.3 Å². The van der Waals surface area contributed by atoms with Crippen LogP contribution in [0.5, 0.6) is 0 Å². The highest BCUT2D eigenvalue weighted by molar-refractivity contribution is 7.99. The smallest absolute Gasteiger partial charge is 0.0606 e. The molecule has 72 valence electrons. The van der Waals surface area contributed by atoms with Crippen LogP contribution >= 0.6 is 35.0 Å². The molecule has 0 spiro atoms. The second-order valence-corrected chi connectivity index (χ2v) is 4.73. The standard InChI is InChI=1S/C9H10Cl2OS/c1-6(12)5-13-9-3-7(10)2-8(11)4-9/h2-4,6,12H,5H2,1H3. The first-order valence-electron chi connectivity index (χ1n) is 3.85. The van der Waals surface area contributed by atoms with Crippen LogP contribution in [0.3, 0.4) is 0 Å². The molecule has 0 radical (unpaired) electrons. The van der Waals surface area contributed by atoms with Crippen molar-refractivity contribution in [3.63, 3.8) is 0 Å². The minimum Gasteiger partial charge on any atom is -0.393 e. The summed E-state index contributed by atoms with van der Waals surface area (Å²) in [6.45, 7) is 1.75. The summed E-state index contributed by atoms with van der Waals surface area (Å²) >= 11 is 13.1. The van der Waals surface area contributed by atoms with Crippen LogP contribution in [0, 0.1) is 0 Å². The zero-order valence-corrected chi connectivity index (χ0v) is 9.46. The Morgan fingerprint density at radius 1 is 1.31 bits per heavy atom. The van der Waals surface area contributed by atoms with Crippen molar-refractivity contribution in [1.82, 2.24) is 0 Å². The number of rotatable bonds is 3. The van der Waals surface area contributed by atoms with E-state index in [0.29, 0.717) is 15.8 Å². The summed E-state index contributed by atoms with van der Waals surface area (Å²) in [6.07, 6.45) is -0.317. The Labute approximate surface area is 92.1 Å². The fourth-order valence-electron chi connectivity index (χ4n) is 0.829. The molecule has 0 fully saturated rings. The van der Waals surface area contributed by atoms with Gasteiger partial charge in [-0.2, -0.15) is 0 Å². The largest absolute Gasteiger partial charge is 0.393 e. The quantitative estimate of drug-likeness (QED) is 0.812. The van der Waals surface area contributed by atoms with E-state index in [2.05, 4.69) is 0 Å². The van der Waals surface area contributed by atoms with Gasteiger partial charge in [-0.15, -0.1) is 11.8 Å². The first-order valence-corrected chi connectivity index (χ1v) is 5.59. The molecule has 1 atom stereocenters. The van der Waals surface area contributed by atoms with Crippen molar-refractivity contribution in [2.45, 2.75) is 17.9 Å². The van der Waals surface area contributed by atoms with Crippen LogP contribution in [-0.4, -0.2) is 17.0 Å². The average Bonchev–Trinajstić information content (AvgIpc) is 1.99. The van der Waals surface area contributed by atoms with Gasteiger partial charge in [0.05, 0.1) is 6.10 Å². The number of aliphatic hydroxyl groups excluding tert-OH is 1. The van der Waals surface area contributed by atoms with Gasteiger partial charge >= 0.3 is 0 Å². The molecule has 1 rings (SSSR count). The van der Waals surface area contributed by atoms with E-state index in [-0.39, 0.29) is 6.10 Å². The van der Waals surface area contributed by atoms with Gasteiger partial charge < -0.3 is 5.11 Å². The third-order valence-corrected chi connectivity index (χ3v) is 2.98. The molecular formula is C9H10Cl2OS. The maximum Gasteiger partial charge on any atom is 0.0606 e. The van der Waals surface area contributed by atoms with Crippen molar-refractivity contribution >= 4 is 35.0 Å². The molecule has 0 aromatic heterocycles. The molecule has 0 saturated carbocycles. The van der Waals surface area contributed by atoms with Crippen LogP contribution in [0.25, 0.3) is 0 Å². The fourth-order valence-corrected chi connectivity index (χ4v) is 2.34. The second kappa shape index (κ2) is 5.11. The second-order valence-electron chi connectivity index (χ2n) is 2.77. The summed E-state index contributed by atoms with van der Waals surface area (Å²) in [7, 11) is 0. The van der Waals surface area contributed by atoms with E-state index in [0.717, 1.165) is 4.90 Å². The fraction of sp³-hybridized carbons (Fsp3) is 0.333. The summed E-state index contributed by atoms with van der Waals surface area (Å²) in [5.41, 5.74) is 0. The zero-order valence-electron chi connectivity index (χ0n) is 7.13. The highest BCUT2D eigenvalue weighted by atomic mass is 35.5. The lowest BCUT2D eigenvalue weighted by Crippen LogP contribution is -2.02. The van der Waals surface area contributed by atoms with Crippen LogP contribution in [0.2, 0.25) is 10.0 Å². The molecule has 0 aliphatic heterocycles. The summed E-state index contributed by atoms with van der Waals surface area (Å²) in [5, 5.41) is 10.3. The maximum absolute atomic E-state index is 9.07. The highest BCUT2D eigenvalue weighted by Gasteiger charge is 2.01. The molecule has 0 heterocycles. The SMILES string of the molecule is CC(O)CSc1cc(Cl)cc(Cl)c1. The molecule has 1 N–H and O–H groups in total. The molecule has 0 bridgehead atoms. The molecule has 1 aromatic carbocycles. The molecule has 0 aliphatic carbocycles. The van der Waals surface area contributed by atoms with Crippen LogP contribution in [-0.2, 0) is 0 Å². The number of aliphatic hydroxyl groups is 1. The van der Waals surface area contributed by atoms with Crippen LogP contribution < -0.4 is 0 Å². The molecule has 0 saturated heterocycles. The molecule has 4 heteroatoms. The Kier molecular flexibility index (Phi) is 4.39. The number of benzene rings is 1. The van der Waals surface area contributed by atoms with Gasteiger partial charge in [0, 0.05) is 20.7 Å². The molecule has 1 aromatic rings. The van der Waals surface area contributed by atoms with Crippen LogP contribution in [0.15, 0.2) is 23.1 Å². The summed E-state index contributed by atoms with van der Waals surface area (Å²) < 4.78 is 0.